The Labute approximate surface area is 135 Å². The van der Waals surface area contributed by atoms with Crippen LogP contribution >= 0.6 is 0 Å². The maximum Gasteiger partial charge on any atom is 0.227 e. The fourth-order valence-electron chi connectivity index (χ4n) is 2.92. The molecule has 0 bridgehead atoms. The first kappa shape index (κ1) is 14.0. The van der Waals surface area contributed by atoms with Crippen molar-refractivity contribution in [2.24, 2.45) is 0 Å². The van der Waals surface area contributed by atoms with Gasteiger partial charge in [0.15, 0.2) is 5.58 Å². The van der Waals surface area contributed by atoms with Crippen LogP contribution in [0.3, 0.4) is 0 Å². The van der Waals surface area contributed by atoms with Crippen LogP contribution in [-0.4, -0.2) is 4.98 Å². The average molecular weight is 301 g/mol. The van der Waals surface area contributed by atoms with E-state index in [-0.39, 0.29) is 5.41 Å². The van der Waals surface area contributed by atoms with Gasteiger partial charge in [0.25, 0.3) is 0 Å². The van der Waals surface area contributed by atoms with Gasteiger partial charge < -0.3 is 4.42 Å². The molecule has 0 aliphatic rings. The Morgan fingerprint density at radius 2 is 1.65 bits per heavy atom. The SMILES string of the molecule is CC(C)(C)c1ccc2oc(-c3cccc4ccccc34)nc2c1. The zero-order chi connectivity index (χ0) is 16.0. The van der Waals surface area contributed by atoms with Crippen molar-refractivity contribution in [1.29, 1.82) is 0 Å². The molecule has 0 unspecified atom stereocenters. The van der Waals surface area contributed by atoms with Gasteiger partial charge in [-0.25, -0.2) is 4.98 Å². The molecule has 2 nitrogen and oxygen atoms in total. The van der Waals surface area contributed by atoms with Crippen LogP contribution < -0.4 is 0 Å². The summed E-state index contributed by atoms with van der Waals surface area (Å²) in [5.74, 6) is 0.683. The first-order valence-corrected chi connectivity index (χ1v) is 7.91. The van der Waals surface area contributed by atoms with Crippen LogP contribution in [0.1, 0.15) is 26.3 Å². The molecule has 1 aromatic heterocycles. The lowest BCUT2D eigenvalue weighted by Gasteiger charge is -2.18. The van der Waals surface area contributed by atoms with Crippen molar-refractivity contribution in [2.45, 2.75) is 26.2 Å². The highest BCUT2D eigenvalue weighted by molar-refractivity contribution is 5.95. The predicted molar refractivity (Wildman–Crippen MR) is 95.7 cm³/mol. The first-order valence-electron chi connectivity index (χ1n) is 7.91. The summed E-state index contributed by atoms with van der Waals surface area (Å²) in [5, 5.41) is 2.36. The van der Waals surface area contributed by atoms with E-state index < -0.39 is 0 Å². The summed E-state index contributed by atoms with van der Waals surface area (Å²) in [5.41, 5.74) is 4.16. The molecule has 23 heavy (non-hydrogen) atoms. The van der Waals surface area contributed by atoms with E-state index in [2.05, 4.69) is 57.2 Å². The summed E-state index contributed by atoms with van der Waals surface area (Å²) in [6, 6.07) is 20.8. The number of aromatic nitrogens is 1. The van der Waals surface area contributed by atoms with Crippen molar-refractivity contribution >= 4 is 21.9 Å². The maximum atomic E-state index is 6.02. The van der Waals surface area contributed by atoms with Crippen molar-refractivity contribution < 1.29 is 4.42 Å². The molecule has 4 aromatic rings. The molecule has 114 valence electrons. The highest BCUT2D eigenvalue weighted by Gasteiger charge is 2.16. The maximum absolute atomic E-state index is 6.02. The van der Waals surface area contributed by atoms with E-state index in [1.54, 1.807) is 0 Å². The van der Waals surface area contributed by atoms with E-state index in [1.165, 1.54) is 10.9 Å². The monoisotopic (exact) mass is 301 g/mol. The molecule has 0 fully saturated rings. The Balaban J connectivity index is 1.92. The molecule has 0 aliphatic heterocycles. The number of fused-ring (bicyclic) bond motifs is 2. The summed E-state index contributed by atoms with van der Waals surface area (Å²) >= 11 is 0. The van der Waals surface area contributed by atoms with Crippen molar-refractivity contribution in [1.82, 2.24) is 4.98 Å². The molecule has 1 heterocycles. The van der Waals surface area contributed by atoms with Crippen LogP contribution in [0.5, 0.6) is 0 Å². The highest BCUT2D eigenvalue weighted by atomic mass is 16.3. The Hall–Kier alpha value is -2.61. The summed E-state index contributed by atoms with van der Waals surface area (Å²) in [6.45, 7) is 6.62. The lowest BCUT2D eigenvalue weighted by atomic mass is 9.87. The molecule has 0 amide bonds. The topological polar surface area (TPSA) is 26.0 Å². The molecule has 0 atom stereocenters. The van der Waals surface area contributed by atoms with Crippen LogP contribution in [-0.2, 0) is 5.41 Å². The second-order valence-corrected chi connectivity index (χ2v) is 6.98. The molecule has 3 aromatic carbocycles. The Bertz CT molecular complexity index is 1000. The quantitative estimate of drug-likeness (QED) is 0.434. The molecule has 4 rings (SSSR count). The van der Waals surface area contributed by atoms with Gasteiger partial charge in [0.1, 0.15) is 5.52 Å². The molecule has 0 spiro atoms. The number of hydrogen-bond acceptors (Lipinski definition) is 2. The van der Waals surface area contributed by atoms with Gasteiger partial charge >= 0.3 is 0 Å². The minimum Gasteiger partial charge on any atom is -0.436 e. The first-order chi connectivity index (χ1) is 11.0. The normalized spacial score (nSPS) is 12.1. The number of hydrogen-bond donors (Lipinski definition) is 0. The number of benzene rings is 3. The molecular weight excluding hydrogens is 282 g/mol. The fourth-order valence-corrected chi connectivity index (χ4v) is 2.92. The average Bonchev–Trinajstić information content (AvgIpc) is 2.96. The highest BCUT2D eigenvalue weighted by Crippen LogP contribution is 2.32. The lowest BCUT2D eigenvalue weighted by Crippen LogP contribution is -2.10. The van der Waals surface area contributed by atoms with Crippen LogP contribution in [0, 0.1) is 0 Å². The molecule has 0 saturated heterocycles. The van der Waals surface area contributed by atoms with Crippen molar-refractivity contribution in [2.75, 3.05) is 0 Å². The third kappa shape index (κ3) is 2.40. The van der Waals surface area contributed by atoms with E-state index in [9.17, 15) is 0 Å². The molecule has 0 aliphatic carbocycles. The molecule has 2 heteroatoms. The van der Waals surface area contributed by atoms with E-state index in [4.69, 9.17) is 9.40 Å². The molecule has 0 saturated carbocycles. The minimum absolute atomic E-state index is 0.104. The van der Waals surface area contributed by atoms with Gasteiger partial charge in [0.2, 0.25) is 5.89 Å². The summed E-state index contributed by atoms with van der Waals surface area (Å²) in [7, 11) is 0. The standard InChI is InChI=1S/C21H19NO/c1-21(2,3)15-11-12-19-18(13-15)22-20(23-19)17-10-6-8-14-7-4-5-9-16(14)17/h4-13H,1-3H3. The van der Waals surface area contributed by atoms with Crippen molar-refractivity contribution in [3.8, 4) is 11.5 Å². The Morgan fingerprint density at radius 3 is 2.48 bits per heavy atom. The predicted octanol–water partition coefficient (Wildman–Crippen LogP) is 5.95. The second kappa shape index (κ2) is 4.95. The molecule has 0 N–H and O–H groups in total. The van der Waals surface area contributed by atoms with Gasteiger partial charge in [-0.15, -0.1) is 0 Å². The van der Waals surface area contributed by atoms with Gasteiger partial charge in [-0.05, 0) is 39.9 Å². The van der Waals surface area contributed by atoms with Crippen LogP contribution in [0.15, 0.2) is 65.1 Å². The van der Waals surface area contributed by atoms with Gasteiger partial charge in [-0.1, -0.05) is 63.2 Å². The third-order valence-electron chi connectivity index (χ3n) is 4.27. The number of oxazole rings is 1. The second-order valence-electron chi connectivity index (χ2n) is 6.98. The summed E-state index contributed by atoms with van der Waals surface area (Å²) in [4.78, 5) is 4.74. The van der Waals surface area contributed by atoms with Crippen molar-refractivity contribution in [3.05, 3.63) is 66.2 Å². The lowest BCUT2D eigenvalue weighted by molar-refractivity contribution is 0.590. The van der Waals surface area contributed by atoms with Gasteiger partial charge in [-0.2, -0.15) is 0 Å². The third-order valence-corrected chi connectivity index (χ3v) is 4.27. The van der Waals surface area contributed by atoms with E-state index in [1.807, 2.05) is 24.3 Å². The van der Waals surface area contributed by atoms with Crippen LogP contribution in [0.25, 0.3) is 33.3 Å². The van der Waals surface area contributed by atoms with Gasteiger partial charge in [0, 0.05) is 5.56 Å². The minimum atomic E-state index is 0.104. The van der Waals surface area contributed by atoms with Crippen molar-refractivity contribution in [3.63, 3.8) is 0 Å². The van der Waals surface area contributed by atoms with Crippen LogP contribution in [0.2, 0.25) is 0 Å². The van der Waals surface area contributed by atoms with Crippen LogP contribution in [0.4, 0.5) is 0 Å². The summed E-state index contributed by atoms with van der Waals surface area (Å²) < 4.78 is 6.02. The fraction of sp³-hybridized carbons (Fsp3) is 0.190. The summed E-state index contributed by atoms with van der Waals surface area (Å²) in [6.07, 6.45) is 0. The van der Waals surface area contributed by atoms with E-state index in [0.717, 1.165) is 22.0 Å². The largest absolute Gasteiger partial charge is 0.436 e. The molecular formula is C21H19NO. The van der Waals surface area contributed by atoms with Gasteiger partial charge in [0.05, 0.1) is 0 Å². The van der Waals surface area contributed by atoms with Gasteiger partial charge in [-0.3, -0.25) is 0 Å². The number of rotatable bonds is 1. The van der Waals surface area contributed by atoms with E-state index >= 15 is 0 Å². The zero-order valence-corrected chi connectivity index (χ0v) is 13.6. The Kier molecular flexibility index (Phi) is 3.02. The Morgan fingerprint density at radius 1 is 0.870 bits per heavy atom. The smallest absolute Gasteiger partial charge is 0.227 e. The molecule has 0 radical (unpaired) electrons. The zero-order valence-electron chi connectivity index (χ0n) is 13.6. The van der Waals surface area contributed by atoms with E-state index in [0.29, 0.717) is 5.89 Å². The number of nitrogens with zero attached hydrogens (tertiary/aromatic N) is 1.